The van der Waals surface area contributed by atoms with E-state index in [0.717, 1.165) is 16.0 Å². The van der Waals surface area contributed by atoms with E-state index in [9.17, 15) is 9.59 Å². The molecule has 1 aromatic carbocycles. The van der Waals surface area contributed by atoms with E-state index in [4.69, 9.17) is 9.84 Å². The number of nitrogens with zero attached hydrogens (tertiary/aromatic N) is 2. The average molecular weight is 358 g/mol. The summed E-state index contributed by atoms with van der Waals surface area (Å²) in [5, 5.41) is 9.61. The van der Waals surface area contributed by atoms with Gasteiger partial charge in [0.25, 0.3) is 5.56 Å². The fourth-order valence-corrected chi connectivity index (χ4v) is 3.99. The number of hydrogen-bond donors (Lipinski definition) is 1. The number of aryl methyl sites for hydroxylation is 2. The Morgan fingerprint density at radius 3 is 2.80 bits per heavy atom. The highest BCUT2D eigenvalue weighted by atomic mass is 32.1. The number of carboxylic acid groups (broad SMARTS) is 1. The van der Waals surface area contributed by atoms with Crippen LogP contribution in [0.5, 0.6) is 5.75 Å². The molecule has 0 saturated carbocycles. The topological polar surface area (TPSA) is 81.4 Å². The van der Waals surface area contributed by atoms with Crippen LogP contribution in [0.15, 0.2) is 29.1 Å². The van der Waals surface area contributed by atoms with E-state index in [2.05, 4.69) is 4.98 Å². The molecule has 3 aromatic rings. The SMILES string of the molecule is CCc1nc2sc(C)c(-c3cccc(OC)c3)c2c(=O)n1CC(=O)O. The van der Waals surface area contributed by atoms with Crippen molar-refractivity contribution >= 4 is 27.5 Å². The minimum Gasteiger partial charge on any atom is -0.497 e. The summed E-state index contributed by atoms with van der Waals surface area (Å²) in [7, 11) is 1.59. The average Bonchev–Trinajstić information content (AvgIpc) is 2.93. The molecule has 0 unspecified atom stereocenters. The molecule has 0 saturated heterocycles. The number of thiophene rings is 1. The molecule has 2 heterocycles. The number of ether oxygens (including phenoxy) is 1. The number of carbonyl (C=O) groups is 1. The molecule has 2 aromatic heterocycles. The largest absolute Gasteiger partial charge is 0.497 e. The minimum absolute atomic E-state index is 0.314. The summed E-state index contributed by atoms with van der Waals surface area (Å²) in [6.07, 6.45) is 0.490. The van der Waals surface area contributed by atoms with Gasteiger partial charge in [-0.25, -0.2) is 4.98 Å². The van der Waals surface area contributed by atoms with Crippen molar-refractivity contribution in [3.8, 4) is 16.9 Å². The Bertz CT molecular complexity index is 1020. The molecule has 3 rings (SSSR count). The molecular weight excluding hydrogens is 340 g/mol. The molecule has 0 aliphatic heterocycles. The van der Waals surface area contributed by atoms with Crippen molar-refractivity contribution in [1.82, 2.24) is 9.55 Å². The van der Waals surface area contributed by atoms with Crippen LogP contribution in [0.4, 0.5) is 0 Å². The van der Waals surface area contributed by atoms with E-state index < -0.39 is 12.5 Å². The monoisotopic (exact) mass is 358 g/mol. The van der Waals surface area contributed by atoms with Crippen LogP contribution >= 0.6 is 11.3 Å². The molecular formula is C18H18N2O4S. The maximum Gasteiger partial charge on any atom is 0.323 e. The number of aromatic nitrogens is 2. The Kier molecular flexibility index (Phi) is 4.59. The van der Waals surface area contributed by atoms with Crippen LogP contribution in [-0.2, 0) is 17.8 Å². The second kappa shape index (κ2) is 6.68. The highest BCUT2D eigenvalue weighted by molar-refractivity contribution is 7.19. The van der Waals surface area contributed by atoms with Gasteiger partial charge in [-0.05, 0) is 24.6 Å². The molecule has 7 heteroatoms. The lowest BCUT2D eigenvalue weighted by Crippen LogP contribution is -2.28. The van der Waals surface area contributed by atoms with Crippen LogP contribution in [0.1, 0.15) is 17.6 Å². The number of carboxylic acids is 1. The highest BCUT2D eigenvalue weighted by Gasteiger charge is 2.20. The highest BCUT2D eigenvalue weighted by Crippen LogP contribution is 2.36. The maximum absolute atomic E-state index is 13.0. The molecule has 0 radical (unpaired) electrons. The van der Waals surface area contributed by atoms with Gasteiger partial charge in [-0.15, -0.1) is 11.3 Å². The maximum atomic E-state index is 13.0. The van der Waals surface area contributed by atoms with Gasteiger partial charge in [0.05, 0.1) is 12.5 Å². The quantitative estimate of drug-likeness (QED) is 0.758. The lowest BCUT2D eigenvalue weighted by atomic mass is 10.0. The summed E-state index contributed by atoms with van der Waals surface area (Å²) in [5.74, 6) is 0.117. The van der Waals surface area contributed by atoms with Crippen molar-refractivity contribution in [3.63, 3.8) is 0 Å². The van der Waals surface area contributed by atoms with Gasteiger partial charge in [0, 0.05) is 16.9 Å². The molecule has 0 bridgehead atoms. The van der Waals surface area contributed by atoms with Crippen LogP contribution in [0.25, 0.3) is 21.3 Å². The first-order valence-electron chi connectivity index (χ1n) is 7.85. The molecule has 0 aliphatic rings. The van der Waals surface area contributed by atoms with Crippen molar-refractivity contribution in [2.75, 3.05) is 7.11 Å². The summed E-state index contributed by atoms with van der Waals surface area (Å²) < 4.78 is 6.53. The van der Waals surface area contributed by atoms with Gasteiger partial charge in [0.2, 0.25) is 0 Å². The van der Waals surface area contributed by atoms with Gasteiger partial charge < -0.3 is 9.84 Å². The Morgan fingerprint density at radius 1 is 1.40 bits per heavy atom. The third-order valence-electron chi connectivity index (χ3n) is 4.03. The summed E-state index contributed by atoms with van der Waals surface area (Å²) in [5.41, 5.74) is 1.33. The van der Waals surface area contributed by atoms with E-state index in [1.54, 1.807) is 7.11 Å². The Morgan fingerprint density at radius 2 is 2.16 bits per heavy atom. The molecule has 6 nitrogen and oxygen atoms in total. The van der Waals surface area contributed by atoms with Crippen molar-refractivity contribution in [3.05, 3.63) is 45.3 Å². The number of benzene rings is 1. The zero-order valence-electron chi connectivity index (χ0n) is 14.2. The third kappa shape index (κ3) is 3.02. The predicted octanol–water partition coefficient (Wildman–Crippen LogP) is 3.09. The first-order chi connectivity index (χ1) is 12.0. The smallest absolute Gasteiger partial charge is 0.323 e. The van der Waals surface area contributed by atoms with Crippen LogP contribution in [0.2, 0.25) is 0 Å². The molecule has 0 fully saturated rings. The van der Waals surface area contributed by atoms with Crippen molar-refractivity contribution in [1.29, 1.82) is 0 Å². The van der Waals surface area contributed by atoms with Crippen LogP contribution in [-0.4, -0.2) is 27.7 Å². The summed E-state index contributed by atoms with van der Waals surface area (Å²) in [6, 6.07) is 7.47. The molecule has 25 heavy (non-hydrogen) atoms. The normalized spacial score (nSPS) is 11.0. The zero-order chi connectivity index (χ0) is 18.1. The van der Waals surface area contributed by atoms with Crippen molar-refractivity contribution in [2.45, 2.75) is 26.8 Å². The molecule has 130 valence electrons. The van der Waals surface area contributed by atoms with Gasteiger partial charge in [-0.3, -0.25) is 14.2 Å². The van der Waals surface area contributed by atoms with Crippen LogP contribution in [0, 0.1) is 6.92 Å². The summed E-state index contributed by atoms with van der Waals surface area (Å²) in [6.45, 7) is 3.40. The molecule has 0 aliphatic carbocycles. The zero-order valence-corrected chi connectivity index (χ0v) is 15.0. The second-order valence-electron chi connectivity index (χ2n) is 5.61. The Labute approximate surface area is 148 Å². The van der Waals surface area contributed by atoms with E-state index in [1.807, 2.05) is 38.1 Å². The lowest BCUT2D eigenvalue weighted by Gasteiger charge is -2.10. The first kappa shape index (κ1) is 17.2. The molecule has 0 spiro atoms. The van der Waals surface area contributed by atoms with Gasteiger partial charge >= 0.3 is 5.97 Å². The second-order valence-corrected chi connectivity index (χ2v) is 6.82. The molecule has 1 N–H and O–H groups in total. The van der Waals surface area contributed by atoms with Crippen molar-refractivity contribution in [2.24, 2.45) is 0 Å². The number of fused-ring (bicyclic) bond motifs is 1. The van der Waals surface area contributed by atoms with Crippen LogP contribution in [0.3, 0.4) is 0 Å². The molecule has 0 amide bonds. The predicted molar refractivity (Wildman–Crippen MR) is 97.6 cm³/mol. The summed E-state index contributed by atoms with van der Waals surface area (Å²) >= 11 is 1.45. The third-order valence-corrected chi connectivity index (χ3v) is 5.03. The van der Waals surface area contributed by atoms with Crippen LogP contribution < -0.4 is 10.3 Å². The van der Waals surface area contributed by atoms with E-state index in [1.165, 1.54) is 15.9 Å². The van der Waals surface area contributed by atoms with Gasteiger partial charge in [-0.2, -0.15) is 0 Å². The fourth-order valence-electron chi connectivity index (χ4n) is 2.93. The van der Waals surface area contributed by atoms with Crippen molar-refractivity contribution < 1.29 is 14.6 Å². The van der Waals surface area contributed by atoms with E-state index in [0.29, 0.717) is 28.2 Å². The van der Waals surface area contributed by atoms with E-state index >= 15 is 0 Å². The Balaban J connectivity index is 2.35. The van der Waals surface area contributed by atoms with E-state index in [-0.39, 0.29) is 5.56 Å². The number of hydrogen-bond acceptors (Lipinski definition) is 5. The number of rotatable bonds is 5. The number of aliphatic carboxylic acids is 1. The summed E-state index contributed by atoms with van der Waals surface area (Å²) in [4.78, 5) is 30.4. The number of methoxy groups -OCH3 is 1. The first-order valence-corrected chi connectivity index (χ1v) is 8.67. The van der Waals surface area contributed by atoms with Gasteiger partial charge in [0.15, 0.2) is 0 Å². The standard InChI is InChI=1S/C18H18N2O4S/c1-4-13-19-17-16(18(23)20(13)9-14(21)22)15(10(2)25-17)11-6-5-7-12(8-11)24-3/h5-8H,4,9H2,1-3H3,(H,21,22). The minimum atomic E-state index is -1.06. The molecule has 0 atom stereocenters. The lowest BCUT2D eigenvalue weighted by molar-refractivity contribution is -0.137. The van der Waals surface area contributed by atoms with Gasteiger partial charge in [-0.1, -0.05) is 19.1 Å². The Hall–Kier alpha value is -2.67. The fraction of sp³-hybridized carbons (Fsp3) is 0.278. The van der Waals surface area contributed by atoms with Gasteiger partial charge in [0.1, 0.15) is 22.9 Å².